The second kappa shape index (κ2) is 8.32. The summed E-state index contributed by atoms with van der Waals surface area (Å²) in [6.07, 6.45) is 1.74. The summed E-state index contributed by atoms with van der Waals surface area (Å²) in [5, 5.41) is 19.6. The first kappa shape index (κ1) is 19.7. The van der Waals surface area contributed by atoms with Gasteiger partial charge >= 0.3 is 5.97 Å². The van der Waals surface area contributed by atoms with Crippen LogP contribution in [-0.4, -0.2) is 24.4 Å². The van der Waals surface area contributed by atoms with Gasteiger partial charge in [0.05, 0.1) is 17.9 Å². The number of anilines is 1. The first-order valence-electron chi connectivity index (χ1n) is 8.86. The summed E-state index contributed by atoms with van der Waals surface area (Å²) < 4.78 is 15.9. The molecule has 0 saturated heterocycles. The number of hydrogen-bond acceptors (Lipinski definition) is 8. The van der Waals surface area contributed by atoms with Crippen LogP contribution in [0.4, 0.5) is 5.82 Å². The molecule has 2 N–H and O–H groups in total. The van der Waals surface area contributed by atoms with Gasteiger partial charge in [0.15, 0.2) is 11.5 Å². The first-order valence-corrected chi connectivity index (χ1v) is 8.86. The van der Waals surface area contributed by atoms with Crippen LogP contribution in [0.25, 0.3) is 11.1 Å². The highest BCUT2D eigenvalue weighted by atomic mass is 16.7. The molecule has 1 aliphatic rings. The molecular formula is C21H18N4O4. The molecule has 1 aromatic heterocycles. The average Bonchev–Trinajstić information content (AvgIpc) is 3.19. The third-order valence-corrected chi connectivity index (χ3v) is 4.44. The third-order valence-electron chi connectivity index (χ3n) is 4.44. The quantitative estimate of drug-likeness (QED) is 0.588. The molecule has 3 rings (SSSR count). The number of hydrogen-bond donors (Lipinski definition) is 1. The number of benzene rings is 1. The molecule has 1 unspecified atom stereocenters. The summed E-state index contributed by atoms with van der Waals surface area (Å²) >= 11 is 0. The fourth-order valence-corrected chi connectivity index (χ4v) is 3.17. The Morgan fingerprint density at radius 1 is 1.34 bits per heavy atom. The largest absolute Gasteiger partial charge is 0.465 e. The van der Waals surface area contributed by atoms with Crippen molar-refractivity contribution in [2.24, 2.45) is 0 Å². The average molecular weight is 390 g/mol. The van der Waals surface area contributed by atoms with Crippen molar-refractivity contribution >= 4 is 11.8 Å². The van der Waals surface area contributed by atoms with Crippen molar-refractivity contribution in [1.29, 1.82) is 10.5 Å². The number of carbonyl (C=O) groups is 1. The number of esters is 1. The van der Waals surface area contributed by atoms with E-state index in [9.17, 15) is 15.3 Å². The first-order chi connectivity index (χ1) is 14.0. The Morgan fingerprint density at radius 3 is 2.72 bits per heavy atom. The predicted molar refractivity (Wildman–Crippen MR) is 104 cm³/mol. The van der Waals surface area contributed by atoms with Crippen LogP contribution >= 0.6 is 0 Å². The van der Waals surface area contributed by atoms with E-state index in [1.807, 2.05) is 6.07 Å². The van der Waals surface area contributed by atoms with Gasteiger partial charge in [-0.05, 0) is 31.0 Å². The number of nitrogens with zero attached hydrogens (tertiary/aromatic N) is 3. The number of fused-ring (bicyclic) bond motifs is 1. The maximum atomic E-state index is 12.5. The van der Waals surface area contributed by atoms with E-state index in [0.717, 1.165) is 0 Å². The molecule has 0 fully saturated rings. The van der Waals surface area contributed by atoms with Gasteiger partial charge in [-0.25, -0.2) is 4.98 Å². The lowest BCUT2D eigenvalue weighted by molar-refractivity contribution is -0.145. The summed E-state index contributed by atoms with van der Waals surface area (Å²) in [5.41, 5.74) is 7.12. The zero-order chi connectivity index (χ0) is 21.0. The minimum Gasteiger partial charge on any atom is -0.465 e. The summed E-state index contributed by atoms with van der Waals surface area (Å²) in [4.78, 5) is 16.7. The van der Waals surface area contributed by atoms with E-state index < -0.39 is 11.9 Å². The fraction of sp³-hybridized carbons (Fsp3) is 0.238. The standard InChI is InChI=1S/C21H18N4O4/c1-3-5-13(21(26)27-4-2)19-14(9-22)18(15(10-23)20(24)25-19)12-6-7-16-17(8-12)29-11-28-16/h3,6-8,13H,1,4-5,11H2,2H3,(H2,24,25). The molecule has 8 nitrogen and oxygen atoms in total. The molecule has 0 radical (unpaired) electrons. The van der Waals surface area contributed by atoms with Crippen LogP contribution in [0.5, 0.6) is 11.5 Å². The topological polar surface area (TPSA) is 131 Å². The Kier molecular flexibility index (Phi) is 5.66. The molecule has 1 atom stereocenters. The van der Waals surface area contributed by atoms with E-state index in [-0.39, 0.29) is 48.0 Å². The van der Waals surface area contributed by atoms with Crippen LogP contribution < -0.4 is 15.2 Å². The zero-order valence-corrected chi connectivity index (χ0v) is 15.8. The highest BCUT2D eigenvalue weighted by Gasteiger charge is 2.30. The van der Waals surface area contributed by atoms with Crippen molar-refractivity contribution in [1.82, 2.24) is 4.98 Å². The van der Waals surface area contributed by atoms with E-state index in [2.05, 4.69) is 17.6 Å². The van der Waals surface area contributed by atoms with Gasteiger partial charge in [-0.2, -0.15) is 10.5 Å². The van der Waals surface area contributed by atoms with Crippen LogP contribution in [-0.2, 0) is 9.53 Å². The van der Waals surface area contributed by atoms with Crippen LogP contribution in [0.15, 0.2) is 30.9 Å². The minimum atomic E-state index is -0.870. The van der Waals surface area contributed by atoms with Gasteiger partial charge in [0.25, 0.3) is 0 Å². The molecule has 0 bridgehead atoms. The maximum absolute atomic E-state index is 12.5. The predicted octanol–water partition coefficient (Wildman–Crippen LogP) is 3.03. The number of aromatic nitrogens is 1. The number of nitrogen functional groups attached to an aromatic ring is 1. The summed E-state index contributed by atoms with van der Waals surface area (Å²) in [6.45, 7) is 5.62. The van der Waals surface area contributed by atoms with Gasteiger partial charge in [-0.3, -0.25) is 4.79 Å². The van der Waals surface area contributed by atoms with Gasteiger partial charge in [0, 0.05) is 5.56 Å². The Labute approximate surface area is 167 Å². The van der Waals surface area contributed by atoms with E-state index in [0.29, 0.717) is 17.1 Å². The summed E-state index contributed by atoms with van der Waals surface area (Å²) in [6, 6.07) is 9.14. The lowest BCUT2D eigenvalue weighted by atomic mass is 9.89. The number of rotatable bonds is 6. The second-order valence-electron chi connectivity index (χ2n) is 6.13. The molecule has 146 valence electrons. The molecule has 29 heavy (non-hydrogen) atoms. The Hall–Kier alpha value is -4.04. The van der Waals surface area contributed by atoms with Crippen molar-refractivity contribution in [2.45, 2.75) is 19.3 Å². The molecule has 0 spiro atoms. The molecule has 0 amide bonds. The highest BCUT2D eigenvalue weighted by Crippen LogP contribution is 2.40. The van der Waals surface area contributed by atoms with Gasteiger partial charge in [-0.1, -0.05) is 12.1 Å². The second-order valence-corrected chi connectivity index (χ2v) is 6.13. The SMILES string of the molecule is C=CCC(C(=O)OCC)c1nc(N)c(C#N)c(-c2ccc3c(c2)OCO3)c1C#N. The van der Waals surface area contributed by atoms with E-state index in [4.69, 9.17) is 19.9 Å². The van der Waals surface area contributed by atoms with Crippen molar-refractivity contribution < 1.29 is 19.0 Å². The number of nitrogens with two attached hydrogens (primary N) is 1. The number of allylic oxidation sites excluding steroid dienone is 1. The number of ether oxygens (including phenoxy) is 3. The van der Waals surface area contributed by atoms with E-state index in [1.54, 1.807) is 31.2 Å². The van der Waals surface area contributed by atoms with Crippen molar-refractivity contribution in [3.8, 4) is 34.8 Å². The smallest absolute Gasteiger partial charge is 0.315 e. The highest BCUT2D eigenvalue weighted by molar-refractivity contribution is 5.86. The Bertz CT molecular complexity index is 1070. The van der Waals surface area contributed by atoms with Gasteiger partial charge in [0.1, 0.15) is 29.4 Å². The molecule has 2 aromatic rings. The monoisotopic (exact) mass is 390 g/mol. The lowest BCUT2D eigenvalue weighted by Crippen LogP contribution is -2.19. The molecule has 1 aliphatic heterocycles. The van der Waals surface area contributed by atoms with Crippen molar-refractivity contribution in [3.05, 3.63) is 47.7 Å². The number of nitriles is 2. The normalized spacial score (nSPS) is 12.5. The van der Waals surface area contributed by atoms with Crippen LogP contribution in [0, 0.1) is 22.7 Å². The van der Waals surface area contributed by atoms with E-state index in [1.165, 1.54) is 0 Å². The van der Waals surface area contributed by atoms with Gasteiger partial charge in [0.2, 0.25) is 6.79 Å². The van der Waals surface area contributed by atoms with Gasteiger partial charge < -0.3 is 19.9 Å². The molecule has 8 heteroatoms. The Morgan fingerprint density at radius 2 is 2.07 bits per heavy atom. The molecule has 0 aliphatic carbocycles. The van der Waals surface area contributed by atoms with Gasteiger partial charge in [-0.15, -0.1) is 6.58 Å². The summed E-state index contributed by atoms with van der Waals surface area (Å²) in [5.74, 6) is -0.445. The Balaban J connectivity index is 2.28. The van der Waals surface area contributed by atoms with E-state index >= 15 is 0 Å². The number of pyridine rings is 1. The molecular weight excluding hydrogens is 372 g/mol. The van der Waals surface area contributed by atoms with Crippen molar-refractivity contribution in [3.63, 3.8) is 0 Å². The maximum Gasteiger partial charge on any atom is 0.315 e. The summed E-state index contributed by atoms with van der Waals surface area (Å²) in [7, 11) is 0. The van der Waals surface area contributed by atoms with Crippen LogP contribution in [0.3, 0.4) is 0 Å². The lowest BCUT2D eigenvalue weighted by Gasteiger charge is -2.19. The number of carbonyl (C=O) groups excluding carboxylic acids is 1. The molecule has 0 saturated carbocycles. The zero-order valence-electron chi connectivity index (χ0n) is 15.8. The third kappa shape index (κ3) is 3.56. The minimum absolute atomic E-state index is 0.0466. The fourth-order valence-electron chi connectivity index (χ4n) is 3.17. The van der Waals surface area contributed by atoms with Crippen LogP contribution in [0.2, 0.25) is 0 Å². The molecule has 2 heterocycles. The molecule has 1 aromatic carbocycles. The van der Waals surface area contributed by atoms with Crippen LogP contribution in [0.1, 0.15) is 36.1 Å². The van der Waals surface area contributed by atoms with Crippen molar-refractivity contribution in [2.75, 3.05) is 19.1 Å².